The fourth-order valence-corrected chi connectivity index (χ4v) is 6.40. The molecule has 35 heavy (non-hydrogen) atoms. The molecular formula is C32H19Br2Cl. The molecule has 6 rings (SSSR count). The summed E-state index contributed by atoms with van der Waals surface area (Å²) in [5.74, 6) is 0. The van der Waals surface area contributed by atoms with Crippen LogP contribution in [0.2, 0.25) is 5.02 Å². The Hall–Kier alpha value is -2.91. The lowest BCUT2D eigenvalue weighted by atomic mass is 9.89. The van der Waals surface area contributed by atoms with Crippen LogP contribution in [0, 0.1) is 0 Å². The number of fused-ring (bicyclic) bond motifs is 3. The molecular weight excluding hydrogens is 580 g/mol. The smallest absolute Gasteiger partial charge is 0.0484 e. The van der Waals surface area contributed by atoms with Crippen LogP contribution in [0.25, 0.3) is 54.9 Å². The molecule has 0 aromatic heterocycles. The highest BCUT2D eigenvalue weighted by atomic mass is 79.9. The third-order valence-corrected chi connectivity index (χ3v) is 8.31. The highest BCUT2D eigenvalue weighted by Crippen LogP contribution is 2.45. The highest BCUT2D eigenvalue weighted by molar-refractivity contribution is 9.11. The molecule has 0 aliphatic heterocycles. The summed E-state index contributed by atoms with van der Waals surface area (Å²) in [6, 6.07) is 40.3. The summed E-state index contributed by atoms with van der Waals surface area (Å²) < 4.78 is 2.16. The zero-order valence-electron chi connectivity index (χ0n) is 18.6. The van der Waals surface area contributed by atoms with Gasteiger partial charge in [-0.3, -0.25) is 0 Å². The normalized spacial score (nSPS) is 11.3. The largest absolute Gasteiger partial charge is 0.0837 e. The number of halogens is 3. The Labute approximate surface area is 226 Å². The number of hydrogen-bond donors (Lipinski definition) is 0. The zero-order valence-corrected chi connectivity index (χ0v) is 22.5. The Morgan fingerprint density at radius 3 is 1.63 bits per heavy atom. The van der Waals surface area contributed by atoms with E-state index in [1.54, 1.807) is 0 Å². The first kappa shape index (κ1) is 22.5. The van der Waals surface area contributed by atoms with Crippen LogP contribution in [0.4, 0.5) is 0 Å². The van der Waals surface area contributed by atoms with Gasteiger partial charge in [0.05, 0.1) is 0 Å². The van der Waals surface area contributed by atoms with E-state index in [1.807, 2.05) is 24.3 Å². The van der Waals surface area contributed by atoms with Crippen molar-refractivity contribution in [3.63, 3.8) is 0 Å². The van der Waals surface area contributed by atoms with Gasteiger partial charge in [-0.05, 0) is 90.1 Å². The third kappa shape index (κ3) is 4.00. The van der Waals surface area contributed by atoms with Crippen molar-refractivity contribution in [2.45, 2.75) is 0 Å². The second-order valence-corrected chi connectivity index (χ2v) is 10.6. The van der Waals surface area contributed by atoms with Crippen LogP contribution in [-0.2, 0) is 0 Å². The van der Waals surface area contributed by atoms with E-state index in [1.165, 1.54) is 27.1 Å². The maximum atomic E-state index is 6.67. The van der Waals surface area contributed by atoms with E-state index in [-0.39, 0.29) is 0 Å². The number of hydrogen-bond acceptors (Lipinski definition) is 0. The van der Waals surface area contributed by atoms with Gasteiger partial charge >= 0.3 is 0 Å². The summed E-state index contributed by atoms with van der Waals surface area (Å²) in [6.45, 7) is 0. The first-order valence-corrected chi connectivity index (χ1v) is 13.3. The molecule has 0 saturated heterocycles. The van der Waals surface area contributed by atoms with Crippen molar-refractivity contribution in [2.24, 2.45) is 0 Å². The van der Waals surface area contributed by atoms with E-state index in [0.717, 1.165) is 41.8 Å². The van der Waals surface area contributed by atoms with Crippen molar-refractivity contribution in [1.82, 2.24) is 0 Å². The molecule has 0 nitrogen and oxygen atoms in total. The summed E-state index contributed by atoms with van der Waals surface area (Å²) in [6.07, 6.45) is 0. The average molecular weight is 599 g/mol. The van der Waals surface area contributed by atoms with E-state index in [4.69, 9.17) is 11.6 Å². The van der Waals surface area contributed by atoms with Crippen LogP contribution in [-0.4, -0.2) is 0 Å². The van der Waals surface area contributed by atoms with Gasteiger partial charge in [-0.15, -0.1) is 0 Å². The molecule has 168 valence electrons. The van der Waals surface area contributed by atoms with Crippen LogP contribution in [0.1, 0.15) is 0 Å². The molecule has 0 fully saturated rings. The lowest BCUT2D eigenvalue weighted by molar-refractivity contribution is 1.56. The third-order valence-electron chi connectivity index (χ3n) is 6.46. The van der Waals surface area contributed by atoms with Crippen molar-refractivity contribution < 1.29 is 0 Å². The van der Waals surface area contributed by atoms with Gasteiger partial charge in [0, 0.05) is 25.1 Å². The quantitative estimate of drug-likeness (QED) is 0.178. The Morgan fingerprint density at radius 1 is 0.457 bits per heavy atom. The molecule has 0 amide bonds. The highest BCUT2D eigenvalue weighted by Gasteiger charge is 2.17. The lowest BCUT2D eigenvalue weighted by Gasteiger charge is -2.17. The zero-order chi connectivity index (χ0) is 23.9. The monoisotopic (exact) mass is 596 g/mol. The number of rotatable bonds is 3. The topological polar surface area (TPSA) is 0 Å². The Kier molecular flexibility index (Phi) is 5.98. The standard InChI is InChI=1S/C32H19Br2Cl/c33-29-15-7-5-9-23(29)20-17-21(24-10-6-8-16-30(24)35)19-22(18-20)31-27-13-3-1-11-25(27)26-12-2-4-14-28(26)32(31)34/h1-19H. The predicted octanol–water partition coefficient (Wildman–Crippen LogP) is 11.2. The fourth-order valence-electron chi connectivity index (χ4n) is 4.85. The molecule has 3 heteroatoms. The molecule has 0 spiro atoms. The van der Waals surface area contributed by atoms with Crippen molar-refractivity contribution in [1.29, 1.82) is 0 Å². The van der Waals surface area contributed by atoms with Gasteiger partial charge < -0.3 is 0 Å². The van der Waals surface area contributed by atoms with Crippen molar-refractivity contribution in [3.8, 4) is 33.4 Å². The summed E-state index contributed by atoms with van der Waals surface area (Å²) in [4.78, 5) is 0. The second-order valence-electron chi connectivity index (χ2n) is 8.54. The summed E-state index contributed by atoms with van der Waals surface area (Å²) in [5.41, 5.74) is 6.70. The van der Waals surface area contributed by atoms with Crippen LogP contribution in [0.15, 0.2) is 124 Å². The molecule has 0 atom stereocenters. The molecule has 0 unspecified atom stereocenters. The minimum Gasteiger partial charge on any atom is -0.0837 e. The maximum Gasteiger partial charge on any atom is 0.0484 e. The minimum atomic E-state index is 0.741. The summed E-state index contributed by atoms with van der Waals surface area (Å²) >= 11 is 14.4. The van der Waals surface area contributed by atoms with Gasteiger partial charge in [0.25, 0.3) is 0 Å². The van der Waals surface area contributed by atoms with Gasteiger partial charge in [-0.25, -0.2) is 0 Å². The first-order valence-electron chi connectivity index (χ1n) is 11.4. The first-order chi connectivity index (χ1) is 17.1. The average Bonchev–Trinajstić information content (AvgIpc) is 2.89. The second kappa shape index (κ2) is 9.28. The van der Waals surface area contributed by atoms with Crippen LogP contribution in [0.5, 0.6) is 0 Å². The van der Waals surface area contributed by atoms with Gasteiger partial charge in [0.15, 0.2) is 0 Å². The lowest BCUT2D eigenvalue weighted by Crippen LogP contribution is -1.91. The Morgan fingerprint density at radius 2 is 0.943 bits per heavy atom. The van der Waals surface area contributed by atoms with E-state index in [2.05, 4.69) is 123 Å². The van der Waals surface area contributed by atoms with E-state index < -0.39 is 0 Å². The SMILES string of the molecule is Clc1ccccc1-c1cc(-c2ccccc2Br)cc(-c2c(Br)c3ccccc3c3ccccc23)c1. The molecule has 0 bridgehead atoms. The molecule has 6 aromatic rings. The summed E-state index contributed by atoms with van der Waals surface area (Å²) in [7, 11) is 0. The van der Waals surface area contributed by atoms with Crippen LogP contribution >= 0.6 is 43.5 Å². The number of benzene rings is 6. The van der Waals surface area contributed by atoms with Gasteiger partial charge in [0.1, 0.15) is 0 Å². The Bertz CT molecular complexity index is 1670. The maximum absolute atomic E-state index is 6.67. The van der Waals surface area contributed by atoms with Gasteiger partial charge in [0.2, 0.25) is 0 Å². The molecule has 0 aliphatic rings. The molecule has 0 radical (unpaired) electrons. The van der Waals surface area contributed by atoms with E-state index in [9.17, 15) is 0 Å². The van der Waals surface area contributed by atoms with Crippen molar-refractivity contribution >= 4 is 65.0 Å². The van der Waals surface area contributed by atoms with Gasteiger partial charge in [-0.1, -0.05) is 112 Å². The van der Waals surface area contributed by atoms with Crippen molar-refractivity contribution in [3.05, 3.63) is 129 Å². The molecule has 0 heterocycles. The van der Waals surface area contributed by atoms with Crippen molar-refractivity contribution in [2.75, 3.05) is 0 Å². The minimum absolute atomic E-state index is 0.741. The summed E-state index contributed by atoms with van der Waals surface area (Å²) in [5, 5.41) is 5.64. The Balaban J connectivity index is 1.73. The van der Waals surface area contributed by atoms with Gasteiger partial charge in [-0.2, -0.15) is 0 Å². The molecule has 0 aliphatic carbocycles. The van der Waals surface area contributed by atoms with Crippen LogP contribution < -0.4 is 0 Å². The predicted molar refractivity (Wildman–Crippen MR) is 158 cm³/mol. The molecule has 0 saturated carbocycles. The van der Waals surface area contributed by atoms with Crippen LogP contribution in [0.3, 0.4) is 0 Å². The molecule has 6 aromatic carbocycles. The fraction of sp³-hybridized carbons (Fsp3) is 0. The molecule has 0 N–H and O–H groups in total. The van der Waals surface area contributed by atoms with E-state index in [0.29, 0.717) is 0 Å². The van der Waals surface area contributed by atoms with E-state index >= 15 is 0 Å².